The molecule has 0 spiro atoms. The van der Waals surface area contributed by atoms with Crippen LogP contribution in [-0.4, -0.2) is 58.2 Å². The average Bonchev–Trinajstić information content (AvgIpc) is 2.75. The molecule has 1 heterocycles. The summed E-state index contributed by atoms with van der Waals surface area (Å²) < 4.78 is 21.7. The molecule has 1 aromatic carbocycles. The number of benzene rings is 1. The number of amides is 2. The fourth-order valence-corrected chi connectivity index (χ4v) is 4.71. The maximum atomic E-state index is 13.0. The molecule has 32 heavy (non-hydrogen) atoms. The topological polar surface area (TPSA) is 96.9 Å². The second-order valence-corrected chi connectivity index (χ2v) is 11.5. The predicted molar refractivity (Wildman–Crippen MR) is 131 cm³/mol. The Labute approximate surface area is 203 Å². The van der Waals surface area contributed by atoms with Crippen LogP contribution < -0.4 is 14.8 Å². The van der Waals surface area contributed by atoms with Crippen molar-refractivity contribution in [3.05, 3.63) is 40.4 Å². The van der Waals surface area contributed by atoms with Crippen LogP contribution in [-0.2, 0) is 11.4 Å². The van der Waals surface area contributed by atoms with Crippen molar-refractivity contribution in [3.8, 4) is 5.75 Å². The summed E-state index contributed by atoms with van der Waals surface area (Å²) in [6, 6.07) is 2.94. The molecule has 0 saturated carbocycles. The quantitative estimate of drug-likeness (QED) is 0.347. The zero-order valence-electron chi connectivity index (χ0n) is 18.8. The Balaban J connectivity index is 2.31. The van der Waals surface area contributed by atoms with Crippen LogP contribution in [0.15, 0.2) is 24.8 Å². The van der Waals surface area contributed by atoms with E-state index < -0.39 is 16.1 Å². The number of nitrogens with one attached hydrogen (secondary N) is 2. The van der Waals surface area contributed by atoms with E-state index in [1.807, 2.05) is 20.8 Å². The third-order valence-corrected chi connectivity index (χ3v) is 7.52. The van der Waals surface area contributed by atoms with Crippen LogP contribution in [0.25, 0.3) is 0 Å². The minimum atomic E-state index is -1.34. The first kappa shape index (κ1) is 27.1. The second kappa shape index (κ2) is 12.3. The van der Waals surface area contributed by atoms with Crippen LogP contribution in [0.2, 0.25) is 10.0 Å². The van der Waals surface area contributed by atoms with Gasteiger partial charge in [0.1, 0.15) is 17.1 Å². The lowest BCUT2D eigenvalue weighted by atomic mass is 9.85. The van der Waals surface area contributed by atoms with Gasteiger partial charge in [0.15, 0.2) is 0 Å². The summed E-state index contributed by atoms with van der Waals surface area (Å²) in [6.07, 6.45) is 3.05. The molecular weight excluding hydrogens is 473 g/mol. The maximum Gasteiger partial charge on any atom is 0.317 e. The van der Waals surface area contributed by atoms with Crippen molar-refractivity contribution in [3.63, 3.8) is 0 Å². The van der Waals surface area contributed by atoms with Crippen LogP contribution >= 0.6 is 23.2 Å². The molecule has 2 amide bonds. The third-order valence-electron chi connectivity index (χ3n) is 5.22. The zero-order valence-corrected chi connectivity index (χ0v) is 21.2. The zero-order chi connectivity index (χ0) is 23.9. The van der Waals surface area contributed by atoms with Gasteiger partial charge in [0.2, 0.25) is 0 Å². The molecule has 0 aliphatic carbocycles. The molecule has 1 aliphatic rings. The molecule has 0 bridgehead atoms. The van der Waals surface area contributed by atoms with Crippen molar-refractivity contribution >= 4 is 40.6 Å². The Morgan fingerprint density at radius 1 is 1.38 bits per heavy atom. The summed E-state index contributed by atoms with van der Waals surface area (Å²) in [7, 11) is 0. The summed E-state index contributed by atoms with van der Waals surface area (Å²) in [5.74, 6) is 0.650. The lowest BCUT2D eigenvalue weighted by Crippen LogP contribution is -2.48. The minimum absolute atomic E-state index is 0.0894. The first-order valence-corrected chi connectivity index (χ1v) is 12.5. The SMILES string of the molecule is C=CCOc1cc(Cl)c(Cl)cc1C(N[S+]([O-])C(C)(C)C)C1CCN(C(=O)NCCO)CC1. The van der Waals surface area contributed by atoms with E-state index in [0.29, 0.717) is 48.3 Å². The lowest BCUT2D eigenvalue weighted by Gasteiger charge is -2.38. The molecule has 1 aromatic rings. The largest absolute Gasteiger partial charge is 0.598 e. The van der Waals surface area contributed by atoms with Crippen LogP contribution in [0.1, 0.15) is 45.2 Å². The number of rotatable bonds is 9. The molecule has 10 heteroatoms. The Morgan fingerprint density at radius 3 is 2.56 bits per heavy atom. The first-order valence-electron chi connectivity index (χ1n) is 10.6. The van der Waals surface area contributed by atoms with Gasteiger partial charge in [0.25, 0.3) is 0 Å². The van der Waals surface area contributed by atoms with Gasteiger partial charge in [-0.05, 0) is 45.6 Å². The summed E-state index contributed by atoms with van der Waals surface area (Å²) in [5, 5.41) is 12.4. The highest BCUT2D eigenvalue weighted by Crippen LogP contribution is 2.40. The van der Waals surface area contributed by atoms with E-state index in [1.165, 1.54) is 0 Å². The normalized spacial score (nSPS) is 17.0. The number of hydrogen-bond acceptors (Lipinski definition) is 5. The highest BCUT2D eigenvalue weighted by Gasteiger charge is 2.37. The van der Waals surface area contributed by atoms with Gasteiger partial charge >= 0.3 is 6.03 Å². The minimum Gasteiger partial charge on any atom is -0.598 e. The number of halogens is 2. The van der Waals surface area contributed by atoms with Gasteiger partial charge in [-0.3, -0.25) is 0 Å². The predicted octanol–water partition coefficient (Wildman–Crippen LogP) is 4.07. The van der Waals surface area contributed by atoms with E-state index in [4.69, 9.17) is 33.0 Å². The number of likely N-dealkylation sites (tertiary alicyclic amines) is 1. The van der Waals surface area contributed by atoms with Crippen molar-refractivity contribution in [1.29, 1.82) is 0 Å². The number of aliphatic hydroxyl groups excluding tert-OH is 1. The number of hydrogen-bond donors (Lipinski definition) is 3. The molecule has 0 aromatic heterocycles. The molecule has 2 atom stereocenters. The molecule has 180 valence electrons. The number of carbonyl (C=O) groups excluding carboxylic acids is 1. The molecular formula is C22H33Cl2N3O4S. The van der Waals surface area contributed by atoms with E-state index in [2.05, 4.69) is 16.6 Å². The smallest absolute Gasteiger partial charge is 0.317 e. The van der Waals surface area contributed by atoms with Crippen LogP contribution in [0.4, 0.5) is 4.79 Å². The van der Waals surface area contributed by atoms with E-state index in [-0.39, 0.29) is 31.1 Å². The van der Waals surface area contributed by atoms with Gasteiger partial charge in [-0.25, -0.2) is 4.79 Å². The second-order valence-electron chi connectivity index (χ2n) is 8.66. The summed E-state index contributed by atoms with van der Waals surface area (Å²) in [5.41, 5.74) is 0.780. The fraction of sp³-hybridized carbons (Fsp3) is 0.591. The van der Waals surface area contributed by atoms with Gasteiger partial charge < -0.3 is 24.6 Å². The van der Waals surface area contributed by atoms with Crippen molar-refractivity contribution < 1.29 is 19.2 Å². The van der Waals surface area contributed by atoms with Crippen molar-refractivity contribution in [2.75, 3.05) is 32.8 Å². The number of aliphatic hydroxyl groups is 1. The Morgan fingerprint density at radius 2 is 2.00 bits per heavy atom. The molecule has 0 radical (unpaired) electrons. The van der Waals surface area contributed by atoms with Gasteiger partial charge in [-0.2, -0.15) is 0 Å². The number of ether oxygens (including phenoxy) is 1. The number of carbonyl (C=O) groups is 1. The van der Waals surface area contributed by atoms with Crippen molar-refractivity contribution in [2.45, 2.75) is 44.4 Å². The van der Waals surface area contributed by atoms with Gasteiger partial charge in [0.05, 0.1) is 22.7 Å². The highest BCUT2D eigenvalue weighted by molar-refractivity contribution is 7.90. The van der Waals surface area contributed by atoms with Crippen LogP contribution in [0, 0.1) is 5.92 Å². The fourth-order valence-electron chi connectivity index (χ4n) is 3.48. The van der Waals surface area contributed by atoms with Gasteiger partial charge in [-0.15, -0.1) is 4.72 Å². The number of nitrogens with zero attached hydrogens (tertiary/aromatic N) is 1. The molecule has 3 N–H and O–H groups in total. The maximum absolute atomic E-state index is 13.0. The standard InChI is InChI=1S/C22H33Cl2N3O4S/c1-5-12-31-19-14-18(24)17(23)13-16(19)20(26-32(30)22(2,3)4)15-6-9-27(10-7-15)21(29)25-8-11-28/h5,13-15,20,26,28H,1,6-12H2,2-4H3,(H,25,29). The summed E-state index contributed by atoms with van der Waals surface area (Å²) in [6.45, 7) is 10.9. The van der Waals surface area contributed by atoms with E-state index in [0.717, 1.165) is 5.56 Å². The molecule has 7 nitrogen and oxygen atoms in total. The monoisotopic (exact) mass is 505 g/mol. The van der Waals surface area contributed by atoms with E-state index >= 15 is 0 Å². The highest BCUT2D eigenvalue weighted by atomic mass is 35.5. The van der Waals surface area contributed by atoms with Crippen molar-refractivity contribution in [2.24, 2.45) is 5.92 Å². The first-order chi connectivity index (χ1) is 15.1. The van der Waals surface area contributed by atoms with Gasteiger partial charge in [0, 0.05) is 42.6 Å². The number of piperidine rings is 1. The molecule has 1 saturated heterocycles. The summed E-state index contributed by atoms with van der Waals surface area (Å²) >= 11 is 11.3. The summed E-state index contributed by atoms with van der Waals surface area (Å²) in [4.78, 5) is 14.0. The van der Waals surface area contributed by atoms with Crippen molar-refractivity contribution in [1.82, 2.24) is 14.9 Å². The van der Waals surface area contributed by atoms with Crippen LogP contribution in [0.3, 0.4) is 0 Å². The average molecular weight is 506 g/mol. The molecule has 2 unspecified atom stereocenters. The van der Waals surface area contributed by atoms with E-state index in [1.54, 1.807) is 23.1 Å². The van der Waals surface area contributed by atoms with E-state index in [9.17, 15) is 9.35 Å². The molecule has 1 fully saturated rings. The van der Waals surface area contributed by atoms with Gasteiger partial charge in [-0.1, -0.05) is 35.9 Å². The molecule has 1 aliphatic heterocycles. The Hall–Kier alpha value is -1.16. The van der Waals surface area contributed by atoms with Crippen LogP contribution in [0.5, 0.6) is 5.75 Å². The Kier molecular flexibility index (Phi) is 10.4. The number of urea groups is 1. The lowest BCUT2D eigenvalue weighted by molar-refractivity contribution is 0.157. The molecule has 2 rings (SSSR count). The Bertz CT molecular complexity index is 783. The third kappa shape index (κ3) is 7.43.